The number of rotatable bonds is 5. The van der Waals surface area contributed by atoms with Crippen LogP contribution in [0.15, 0.2) is 24.3 Å². The van der Waals surface area contributed by atoms with E-state index in [1.807, 2.05) is 0 Å². The maximum Gasteiger partial charge on any atom is 0.292 e. The Morgan fingerprint density at radius 2 is 1.79 bits per heavy atom. The van der Waals surface area contributed by atoms with Crippen LogP contribution < -0.4 is 4.90 Å². The van der Waals surface area contributed by atoms with Gasteiger partial charge in [-0.2, -0.15) is 13.9 Å². The molecule has 1 saturated heterocycles. The summed E-state index contributed by atoms with van der Waals surface area (Å²) in [7, 11) is 0. The van der Waals surface area contributed by atoms with Gasteiger partial charge in [-0.25, -0.2) is 4.39 Å². The van der Waals surface area contributed by atoms with Crippen molar-refractivity contribution in [1.29, 1.82) is 0 Å². The number of halogens is 4. The zero-order chi connectivity index (χ0) is 20.5. The minimum Gasteiger partial charge on any atom is -0.368 e. The standard InChI is InChI=1S/C19H22ClF3N4O/c1-3-19(22,23)18-17(20)13(2)27(24-18)12-16(28)26-10-8-25(9-11-26)15-6-4-14(21)5-7-15/h4-7H,3,8-12H2,1-2H3. The average Bonchev–Trinajstić information content (AvgIpc) is 2.98. The van der Waals surface area contributed by atoms with Crippen molar-refractivity contribution in [1.82, 2.24) is 14.7 Å². The molecule has 0 spiro atoms. The Morgan fingerprint density at radius 3 is 2.36 bits per heavy atom. The highest BCUT2D eigenvalue weighted by atomic mass is 35.5. The minimum atomic E-state index is -3.13. The number of nitrogens with zero attached hydrogens (tertiary/aromatic N) is 4. The van der Waals surface area contributed by atoms with Crippen LogP contribution in [0.2, 0.25) is 5.02 Å². The summed E-state index contributed by atoms with van der Waals surface area (Å²) >= 11 is 6.02. The van der Waals surface area contributed by atoms with Crippen LogP contribution in [0.5, 0.6) is 0 Å². The molecule has 1 amide bonds. The van der Waals surface area contributed by atoms with Crippen LogP contribution in [0.4, 0.5) is 18.9 Å². The van der Waals surface area contributed by atoms with E-state index in [9.17, 15) is 18.0 Å². The van der Waals surface area contributed by atoms with Gasteiger partial charge in [0, 0.05) is 38.3 Å². The van der Waals surface area contributed by atoms with Crippen molar-refractivity contribution >= 4 is 23.2 Å². The molecule has 3 rings (SSSR count). The van der Waals surface area contributed by atoms with Crippen molar-refractivity contribution in [2.24, 2.45) is 0 Å². The topological polar surface area (TPSA) is 41.4 Å². The van der Waals surface area contributed by atoms with Crippen LogP contribution in [0, 0.1) is 12.7 Å². The number of benzene rings is 1. The highest BCUT2D eigenvalue weighted by Gasteiger charge is 2.36. The summed E-state index contributed by atoms with van der Waals surface area (Å²) in [6.07, 6.45) is -0.414. The molecule has 5 nitrogen and oxygen atoms in total. The molecular weight excluding hydrogens is 393 g/mol. The largest absolute Gasteiger partial charge is 0.368 e. The second-order valence-electron chi connectivity index (χ2n) is 6.81. The number of carbonyl (C=O) groups is 1. The molecule has 1 aromatic carbocycles. The van der Waals surface area contributed by atoms with Crippen molar-refractivity contribution in [3.05, 3.63) is 46.5 Å². The third-order valence-electron chi connectivity index (χ3n) is 5.03. The van der Waals surface area contributed by atoms with Crippen LogP contribution in [0.25, 0.3) is 0 Å². The predicted molar refractivity (Wildman–Crippen MR) is 101 cm³/mol. The Bertz CT molecular complexity index is 846. The molecule has 1 aliphatic rings. The van der Waals surface area contributed by atoms with E-state index in [0.717, 1.165) is 5.69 Å². The Balaban J connectivity index is 1.63. The van der Waals surface area contributed by atoms with E-state index in [0.29, 0.717) is 31.9 Å². The Hall–Kier alpha value is -2.22. The summed E-state index contributed by atoms with van der Waals surface area (Å²) in [5.74, 6) is -3.62. The molecule has 1 aliphatic heterocycles. The summed E-state index contributed by atoms with van der Waals surface area (Å²) in [4.78, 5) is 16.4. The lowest BCUT2D eigenvalue weighted by atomic mass is 10.2. The Labute approximate surface area is 166 Å². The van der Waals surface area contributed by atoms with Gasteiger partial charge in [0.1, 0.15) is 12.4 Å². The van der Waals surface area contributed by atoms with E-state index in [4.69, 9.17) is 11.6 Å². The first-order chi connectivity index (χ1) is 13.2. The van der Waals surface area contributed by atoms with Crippen LogP contribution in [-0.2, 0) is 17.3 Å². The Morgan fingerprint density at radius 1 is 1.18 bits per heavy atom. The van der Waals surface area contributed by atoms with E-state index < -0.39 is 18.0 Å². The third kappa shape index (κ3) is 4.11. The molecule has 28 heavy (non-hydrogen) atoms. The summed E-state index contributed by atoms with van der Waals surface area (Å²) < 4.78 is 42.2. The smallest absolute Gasteiger partial charge is 0.292 e. The van der Waals surface area contributed by atoms with E-state index in [2.05, 4.69) is 10.00 Å². The maximum absolute atomic E-state index is 14.0. The second-order valence-corrected chi connectivity index (χ2v) is 7.19. The van der Waals surface area contributed by atoms with E-state index in [1.165, 1.54) is 23.7 Å². The molecule has 1 fully saturated rings. The number of hydrogen-bond donors (Lipinski definition) is 0. The molecule has 2 heterocycles. The lowest BCUT2D eigenvalue weighted by Crippen LogP contribution is -2.49. The van der Waals surface area contributed by atoms with Gasteiger partial charge < -0.3 is 9.80 Å². The van der Waals surface area contributed by atoms with Gasteiger partial charge in [-0.1, -0.05) is 18.5 Å². The molecule has 0 aliphatic carbocycles. The zero-order valence-electron chi connectivity index (χ0n) is 15.8. The molecule has 0 saturated carbocycles. The summed E-state index contributed by atoms with van der Waals surface area (Å²) in [6.45, 7) is 4.98. The van der Waals surface area contributed by atoms with Gasteiger partial charge in [0.15, 0.2) is 5.69 Å². The first kappa shape index (κ1) is 20.5. The fourth-order valence-corrected chi connectivity index (χ4v) is 3.45. The number of aromatic nitrogens is 2. The fraction of sp³-hybridized carbons (Fsp3) is 0.474. The van der Waals surface area contributed by atoms with E-state index >= 15 is 0 Å². The Kier molecular flexibility index (Phi) is 5.88. The van der Waals surface area contributed by atoms with Crippen LogP contribution in [0.1, 0.15) is 24.7 Å². The van der Waals surface area contributed by atoms with Crippen LogP contribution >= 0.6 is 11.6 Å². The maximum atomic E-state index is 14.0. The highest BCUT2D eigenvalue weighted by molar-refractivity contribution is 6.32. The molecule has 0 atom stereocenters. The summed E-state index contributed by atoms with van der Waals surface area (Å²) in [5, 5.41) is 3.80. The van der Waals surface area contributed by atoms with Gasteiger partial charge in [-0.3, -0.25) is 9.48 Å². The van der Waals surface area contributed by atoms with Gasteiger partial charge in [0.25, 0.3) is 5.92 Å². The lowest BCUT2D eigenvalue weighted by molar-refractivity contribution is -0.132. The van der Waals surface area contributed by atoms with Crippen molar-refractivity contribution in [2.45, 2.75) is 32.7 Å². The molecule has 0 bridgehead atoms. The van der Waals surface area contributed by atoms with Gasteiger partial charge >= 0.3 is 0 Å². The van der Waals surface area contributed by atoms with Crippen molar-refractivity contribution in [3.8, 4) is 0 Å². The molecule has 9 heteroatoms. The highest BCUT2D eigenvalue weighted by Crippen LogP contribution is 2.36. The predicted octanol–water partition coefficient (Wildman–Crippen LogP) is 3.83. The van der Waals surface area contributed by atoms with Crippen LogP contribution in [0.3, 0.4) is 0 Å². The van der Waals surface area contributed by atoms with E-state index in [-0.39, 0.29) is 23.3 Å². The molecule has 152 valence electrons. The van der Waals surface area contributed by atoms with Gasteiger partial charge in [-0.05, 0) is 31.2 Å². The number of amides is 1. The SMILES string of the molecule is CCC(F)(F)c1nn(CC(=O)N2CCN(c3ccc(F)cc3)CC2)c(C)c1Cl. The van der Waals surface area contributed by atoms with Gasteiger partial charge in [0.2, 0.25) is 5.91 Å². The molecule has 1 aromatic heterocycles. The van der Waals surface area contributed by atoms with Crippen LogP contribution in [-0.4, -0.2) is 46.8 Å². The number of anilines is 1. The van der Waals surface area contributed by atoms with Crippen molar-refractivity contribution in [3.63, 3.8) is 0 Å². The normalized spacial score (nSPS) is 15.2. The lowest BCUT2D eigenvalue weighted by Gasteiger charge is -2.36. The number of piperazine rings is 1. The number of hydrogen-bond acceptors (Lipinski definition) is 3. The molecular formula is C19H22ClF3N4O. The summed E-state index contributed by atoms with van der Waals surface area (Å²) in [6, 6.07) is 6.22. The van der Waals surface area contributed by atoms with E-state index in [1.54, 1.807) is 24.0 Å². The average molecular weight is 415 g/mol. The number of alkyl halides is 2. The van der Waals surface area contributed by atoms with Gasteiger partial charge in [-0.15, -0.1) is 0 Å². The minimum absolute atomic E-state index is 0.0965. The first-order valence-electron chi connectivity index (χ1n) is 9.12. The molecule has 0 radical (unpaired) electrons. The van der Waals surface area contributed by atoms with Crippen molar-refractivity contribution < 1.29 is 18.0 Å². The first-order valence-corrected chi connectivity index (χ1v) is 9.50. The summed E-state index contributed by atoms with van der Waals surface area (Å²) in [5.41, 5.74) is 0.765. The molecule has 0 unspecified atom stereocenters. The molecule has 0 N–H and O–H groups in total. The quantitative estimate of drug-likeness (QED) is 0.746. The van der Waals surface area contributed by atoms with Crippen molar-refractivity contribution in [2.75, 3.05) is 31.1 Å². The number of carbonyl (C=O) groups excluding carboxylic acids is 1. The van der Waals surface area contributed by atoms with Gasteiger partial charge in [0.05, 0.1) is 10.7 Å². The fourth-order valence-electron chi connectivity index (χ4n) is 3.17. The second kappa shape index (κ2) is 8.03. The monoisotopic (exact) mass is 414 g/mol. The molecule has 2 aromatic rings. The zero-order valence-corrected chi connectivity index (χ0v) is 16.5. The third-order valence-corrected chi connectivity index (χ3v) is 5.49.